The number of rotatable bonds is 1. The topological polar surface area (TPSA) is 63.2 Å². The number of ether oxygens (including phenoxy) is 1. The summed E-state index contributed by atoms with van der Waals surface area (Å²) in [6.07, 6.45) is -0.243. The highest BCUT2D eigenvalue weighted by Gasteiger charge is 2.37. The van der Waals surface area contributed by atoms with Crippen molar-refractivity contribution < 1.29 is 4.74 Å². The van der Waals surface area contributed by atoms with Crippen molar-refractivity contribution in [2.45, 2.75) is 6.17 Å². The number of para-hydroxylation sites is 2. The monoisotopic (exact) mass is 264 g/mol. The maximum atomic E-state index is 5.81. The zero-order valence-electron chi connectivity index (χ0n) is 10.6. The van der Waals surface area contributed by atoms with E-state index in [1.54, 1.807) is 0 Å². The highest BCUT2D eigenvalue weighted by molar-refractivity contribution is 6.07. The molecule has 0 aromatic heterocycles. The van der Waals surface area contributed by atoms with Crippen molar-refractivity contribution in [3.8, 4) is 5.75 Å². The zero-order valence-corrected chi connectivity index (χ0v) is 10.6. The summed E-state index contributed by atoms with van der Waals surface area (Å²) in [5.74, 6) is 1.01. The van der Waals surface area contributed by atoms with Crippen LogP contribution in [-0.2, 0) is 0 Å². The Labute approximate surface area is 116 Å². The molecule has 5 nitrogen and oxygen atoms in total. The quantitative estimate of drug-likeness (QED) is 0.859. The first-order valence-electron chi connectivity index (χ1n) is 6.36. The van der Waals surface area contributed by atoms with Crippen molar-refractivity contribution in [3.05, 3.63) is 60.2 Å². The van der Waals surface area contributed by atoms with E-state index in [-0.39, 0.29) is 12.1 Å². The normalized spacial score (nSPS) is 19.6. The lowest BCUT2D eigenvalue weighted by Gasteiger charge is -2.27. The fraction of sp³-hybridized carbons (Fsp3) is 0.0667. The van der Waals surface area contributed by atoms with Gasteiger partial charge >= 0.3 is 6.02 Å². The third-order valence-corrected chi connectivity index (χ3v) is 3.34. The van der Waals surface area contributed by atoms with Gasteiger partial charge in [-0.05, 0) is 17.7 Å². The molecular formula is C15H12N4O. The standard InChI is InChI=1S/C15H12N4O/c16-14-17-13(10-6-2-1-3-7-10)19-11-8-4-5-9-12(11)20-15(19)18-14/h1-9,13H,(H2,16,17). The van der Waals surface area contributed by atoms with E-state index in [9.17, 15) is 0 Å². The number of nitrogens with zero attached hydrogens (tertiary/aromatic N) is 3. The number of nitrogens with two attached hydrogens (primary N) is 1. The van der Waals surface area contributed by atoms with E-state index in [0.29, 0.717) is 6.02 Å². The van der Waals surface area contributed by atoms with E-state index >= 15 is 0 Å². The molecule has 2 heterocycles. The Balaban J connectivity index is 1.86. The molecule has 0 spiro atoms. The lowest BCUT2D eigenvalue weighted by molar-refractivity contribution is 0.551. The van der Waals surface area contributed by atoms with Crippen LogP contribution in [0.2, 0.25) is 0 Å². The summed E-state index contributed by atoms with van der Waals surface area (Å²) in [5.41, 5.74) is 7.81. The molecular weight excluding hydrogens is 252 g/mol. The van der Waals surface area contributed by atoms with Gasteiger partial charge in [0.2, 0.25) is 5.96 Å². The fourth-order valence-corrected chi connectivity index (χ4v) is 2.46. The number of aliphatic imine (C=N–C) groups is 2. The SMILES string of the molecule is NC1=NC(c2ccccc2)N2C(=N1)Oc1ccccc12. The largest absolute Gasteiger partial charge is 0.423 e. The summed E-state index contributed by atoms with van der Waals surface area (Å²) in [6, 6.07) is 18.3. The second-order valence-electron chi connectivity index (χ2n) is 4.61. The molecule has 0 fully saturated rings. The third kappa shape index (κ3) is 1.56. The molecule has 2 aromatic carbocycles. The van der Waals surface area contributed by atoms with Gasteiger partial charge in [-0.2, -0.15) is 4.99 Å². The molecule has 20 heavy (non-hydrogen) atoms. The smallest absolute Gasteiger partial charge is 0.307 e. The Morgan fingerprint density at radius 1 is 1.00 bits per heavy atom. The Hall–Kier alpha value is -2.82. The van der Waals surface area contributed by atoms with Crippen LogP contribution >= 0.6 is 0 Å². The lowest BCUT2D eigenvalue weighted by atomic mass is 10.1. The van der Waals surface area contributed by atoms with Crippen molar-refractivity contribution >= 4 is 17.7 Å². The molecule has 0 saturated heterocycles. The maximum Gasteiger partial charge on any atom is 0.307 e. The van der Waals surface area contributed by atoms with Crippen LogP contribution in [-0.4, -0.2) is 12.0 Å². The van der Waals surface area contributed by atoms with Crippen LogP contribution < -0.4 is 15.4 Å². The minimum absolute atomic E-state index is 0.234. The molecule has 0 saturated carbocycles. The van der Waals surface area contributed by atoms with Gasteiger partial charge in [-0.15, -0.1) is 0 Å². The minimum atomic E-state index is -0.243. The summed E-state index contributed by atoms with van der Waals surface area (Å²) in [4.78, 5) is 10.6. The Bertz CT molecular complexity index is 724. The molecule has 0 amide bonds. The van der Waals surface area contributed by atoms with Gasteiger partial charge in [0.05, 0.1) is 5.69 Å². The van der Waals surface area contributed by atoms with E-state index in [1.807, 2.05) is 59.5 Å². The van der Waals surface area contributed by atoms with Gasteiger partial charge < -0.3 is 10.5 Å². The highest BCUT2D eigenvalue weighted by Crippen LogP contribution is 2.41. The zero-order chi connectivity index (χ0) is 13.5. The lowest BCUT2D eigenvalue weighted by Crippen LogP contribution is -2.38. The second-order valence-corrected chi connectivity index (χ2v) is 4.61. The molecule has 1 atom stereocenters. The molecule has 2 N–H and O–H groups in total. The van der Waals surface area contributed by atoms with E-state index in [4.69, 9.17) is 10.5 Å². The van der Waals surface area contributed by atoms with Gasteiger partial charge in [0.1, 0.15) is 0 Å². The molecule has 0 radical (unpaired) electrons. The highest BCUT2D eigenvalue weighted by atomic mass is 16.5. The summed E-state index contributed by atoms with van der Waals surface area (Å²) in [7, 11) is 0. The van der Waals surface area contributed by atoms with Gasteiger partial charge in [0, 0.05) is 0 Å². The second kappa shape index (κ2) is 4.09. The summed E-state index contributed by atoms with van der Waals surface area (Å²) in [6.45, 7) is 0. The Morgan fingerprint density at radius 3 is 2.60 bits per heavy atom. The van der Waals surface area contributed by atoms with Crippen LogP contribution in [0.5, 0.6) is 5.75 Å². The summed E-state index contributed by atoms with van der Waals surface area (Å²) in [5, 5.41) is 0. The number of guanidine groups is 1. The average Bonchev–Trinajstić information content (AvgIpc) is 2.85. The number of amidine groups is 1. The first kappa shape index (κ1) is 11.0. The van der Waals surface area contributed by atoms with Crippen LogP contribution in [0.15, 0.2) is 64.6 Å². The first-order chi connectivity index (χ1) is 9.83. The average molecular weight is 264 g/mol. The van der Waals surface area contributed by atoms with Crippen LogP contribution in [0.1, 0.15) is 11.7 Å². The number of fused-ring (bicyclic) bond motifs is 3. The molecule has 0 aliphatic carbocycles. The van der Waals surface area contributed by atoms with E-state index in [2.05, 4.69) is 9.98 Å². The predicted octanol–water partition coefficient (Wildman–Crippen LogP) is 2.27. The van der Waals surface area contributed by atoms with Crippen LogP contribution in [0.25, 0.3) is 0 Å². The van der Waals surface area contributed by atoms with E-state index in [1.165, 1.54) is 0 Å². The van der Waals surface area contributed by atoms with E-state index in [0.717, 1.165) is 17.0 Å². The van der Waals surface area contributed by atoms with Crippen molar-refractivity contribution in [1.29, 1.82) is 0 Å². The van der Waals surface area contributed by atoms with Gasteiger partial charge in [-0.3, -0.25) is 4.90 Å². The fourth-order valence-electron chi connectivity index (χ4n) is 2.46. The molecule has 1 unspecified atom stereocenters. The van der Waals surface area contributed by atoms with Crippen molar-refractivity contribution in [2.24, 2.45) is 15.7 Å². The summed E-state index contributed by atoms with van der Waals surface area (Å²) < 4.78 is 5.75. The van der Waals surface area contributed by atoms with Crippen molar-refractivity contribution in [1.82, 2.24) is 0 Å². The number of benzene rings is 2. The van der Waals surface area contributed by atoms with Crippen LogP contribution in [0, 0.1) is 0 Å². The van der Waals surface area contributed by atoms with Gasteiger partial charge in [0.15, 0.2) is 11.9 Å². The van der Waals surface area contributed by atoms with Crippen LogP contribution in [0.3, 0.4) is 0 Å². The number of hydrogen-bond donors (Lipinski definition) is 1. The molecule has 2 aliphatic heterocycles. The molecule has 2 aliphatic rings. The van der Waals surface area contributed by atoms with Gasteiger partial charge in [0.25, 0.3) is 0 Å². The third-order valence-electron chi connectivity index (χ3n) is 3.34. The Kier molecular flexibility index (Phi) is 2.26. The predicted molar refractivity (Wildman–Crippen MR) is 77.8 cm³/mol. The maximum absolute atomic E-state index is 5.81. The molecule has 5 heteroatoms. The molecule has 4 rings (SSSR count). The number of hydrogen-bond acceptors (Lipinski definition) is 5. The molecule has 98 valence electrons. The summed E-state index contributed by atoms with van der Waals surface area (Å²) >= 11 is 0. The van der Waals surface area contributed by atoms with Crippen molar-refractivity contribution in [2.75, 3.05) is 4.90 Å². The van der Waals surface area contributed by atoms with Gasteiger partial charge in [-0.25, -0.2) is 4.99 Å². The molecule has 0 bridgehead atoms. The first-order valence-corrected chi connectivity index (χ1v) is 6.36. The number of anilines is 1. The van der Waals surface area contributed by atoms with Crippen LogP contribution in [0.4, 0.5) is 5.69 Å². The van der Waals surface area contributed by atoms with Crippen molar-refractivity contribution in [3.63, 3.8) is 0 Å². The minimum Gasteiger partial charge on any atom is -0.423 e. The Morgan fingerprint density at radius 2 is 1.75 bits per heavy atom. The van der Waals surface area contributed by atoms with E-state index < -0.39 is 0 Å². The van der Waals surface area contributed by atoms with Gasteiger partial charge in [-0.1, -0.05) is 42.5 Å². The molecule has 2 aromatic rings.